The Morgan fingerprint density at radius 2 is 2.10 bits per heavy atom. The highest BCUT2D eigenvalue weighted by Gasteiger charge is 2.23. The second-order valence-electron chi connectivity index (χ2n) is 5.64. The van der Waals surface area contributed by atoms with Gasteiger partial charge in [0.05, 0.1) is 0 Å². The molecule has 1 heterocycles. The molecule has 1 atom stereocenters. The minimum Gasteiger partial charge on any atom is -0.377 e. The molecule has 1 fully saturated rings. The second kappa shape index (κ2) is 7.43. The fraction of sp³-hybridized carbons (Fsp3) is 0.733. The molecular formula is C15H26N4O. The molecule has 0 aromatic carbocycles. The van der Waals surface area contributed by atoms with Crippen molar-refractivity contribution in [3.8, 4) is 0 Å². The van der Waals surface area contributed by atoms with E-state index >= 15 is 0 Å². The lowest BCUT2D eigenvalue weighted by molar-refractivity contribution is 0.178. The first kappa shape index (κ1) is 15.0. The van der Waals surface area contributed by atoms with Gasteiger partial charge in [-0.05, 0) is 25.7 Å². The maximum atomic E-state index is 5.14. The largest absolute Gasteiger partial charge is 0.377 e. The van der Waals surface area contributed by atoms with Crippen LogP contribution in [0.4, 0.5) is 11.6 Å². The van der Waals surface area contributed by atoms with Gasteiger partial charge in [-0.2, -0.15) is 0 Å². The normalized spacial score (nSPS) is 15.9. The van der Waals surface area contributed by atoms with Gasteiger partial charge in [0.25, 0.3) is 0 Å². The maximum absolute atomic E-state index is 5.14. The summed E-state index contributed by atoms with van der Waals surface area (Å²) in [4.78, 5) is 8.97. The van der Waals surface area contributed by atoms with Gasteiger partial charge in [-0.3, -0.25) is 0 Å². The lowest BCUT2D eigenvalue weighted by Gasteiger charge is -2.16. The molecule has 1 aliphatic rings. The lowest BCUT2D eigenvalue weighted by Crippen LogP contribution is -2.18. The second-order valence-corrected chi connectivity index (χ2v) is 5.64. The molecule has 2 N–H and O–H groups in total. The SMILES string of the molecule is CCCNc1cc(NC(C)CC2CC2)nc(COC)n1. The number of nitrogens with zero attached hydrogens (tertiary/aromatic N) is 2. The highest BCUT2D eigenvalue weighted by atomic mass is 16.5. The Bertz CT molecular complexity index is 420. The Hall–Kier alpha value is -1.36. The zero-order valence-corrected chi connectivity index (χ0v) is 12.8. The van der Waals surface area contributed by atoms with E-state index in [4.69, 9.17) is 4.74 Å². The first-order chi connectivity index (χ1) is 9.71. The molecule has 0 spiro atoms. The van der Waals surface area contributed by atoms with E-state index in [2.05, 4.69) is 34.4 Å². The van der Waals surface area contributed by atoms with Crippen LogP contribution in [-0.4, -0.2) is 29.7 Å². The van der Waals surface area contributed by atoms with Crippen LogP contribution >= 0.6 is 0 Å². The highest BCUT2D eigenvalue weighted by molar-refractivity contribution is 5.48. The Labute approximate surface area is 121 Å². The summed E-state index contributed by atoms with van der Waals surface area (Å²) in [7, 11) is 1.67. The molecule has 0 amide bonds. The number of anilines is 2. The number of ether oxygens (including phenoxy) is 1. The zero-order chi connectivity index (χ0) is 14.4. The van der Waals surface area contributed by atoms with E-state index in [1.54, 1.807) is 7.11 Å². The minimum atomic E-state index is 0.438. The van der Waals surface area contributed by atoms with Crippen molar-refractivity contribution in [1.29, 1.82) is 0 Å². The third-order valence-corrected chi connectivity index (χ3v) is 3.38. The minimum absolute atomic E-state index is 0.438. The van der Waals surface area contributed by atoms with Crippen LogP contribution in [0.2, 0.25) is 0 Å². The molecule has 0 aliphatic heterocycles. The first-order valence-electron chi connectivity index (χ1n) is 7.58. The van der Waals surface area contributed by atoms with E-state index in [0.717, 1.165) is 36.3 Å². The summed E-state index contributed by atoms with van der Waals surface area (Å²) in [6, 6.07) is 2.44. The number of hydrogen-bond donors (Lipinski definition) is 2. The van der Waals surface area contributed by atoms with Gasteiger partial charge in [0.15, 0.2) is 5.82 Å². The molecule has 1 aliphatic carbocycles. The van der Waals surface area contributed by atoms with Crippen LogP contribution < -0.4 is 10.6 Å². The van der Waals surface area contributed by atoms with Gasteiger partial charge in [-0.25, -0.2) is 9.97 Å². The Morgan fingerprint density at radius 1 is 1.35 bits per heavy atom. The molecule has 1 aromatic rings. The van der Waals surface area contributed by atoms with E-state index in [-0.39, 0.29) is 0 Å². The first-order valence-corrected chi connectivity index (χ1v) is 7.58. The van der Waals surface area contributed by atoms with Crippen LogP contribution in [0.5, 0.6) is 0 Å². The third kappa shape index (κ3) is 4.96. The number of aromatic nitrogens is 2. The monoisotopic (exact) mass is 278 g/mol. The van der Waals surface area contributed by atoms with Gasteiger partial charge in [0.2, 0.25) is 0 Å². The molecule has 1 unspecified atom stereocenters. The van der Waals surface area contributed by atoms with Crippen LogP contribution in [0.3, 0.4) is 0 Å². The molecule has 0 saturated heterocycles. The molecule has 20 heavy (non-hydrogen) atoms. The van der Waals surface area contributed by atoms with Crippen LogP contribution in [0.25, 0.3) is 0 Å². The molecule has 2 rings (SSSR count). The maximum Gasteiger partial charge on any atom is 0.158 e. The number of rotatable bonds is 9. The topological polar surface area (TPSA) is 59.1 Å². The summed E-state index contributed by atoms with van der Waals surface area (Å²) in [6.45, 7) is 5.71. The van der Waals surface area contributed by atoms with E-state index in [1.807, 2.05) is 6.07 Å². The van der Waals surface area contributed by atoms with Gasteiger partial charge in [0.1, 0.15) is 18.2 Å². The summed E-state index contributed by atoms with van der Waals surface area (Å²) < 4.78 is 5.14. The van der Waals surface area contributed by atoms with E-state index in [9.17, 15) is 0 Å². The average molecular weight is 278 g/mol. The summed E-state index contributed by atoms with van der Waals surface area (Å²) in [5.74, 6) is 3.39. The fourth-order valence-corrected chi connectivity index (χ4v) is 2.27. The summed E-state index contributed by atoms with van der Waals surface area (Å²) in [5, 5.41) is 6.80. The Kier molecular flexibility index (Phi) is 5.59. The Balaban J connectivity index is 2.01. The Morgan fingerprint density at radius 3 is 2.75 bits per heavy atom. The van der Waals surface area contributed by atoms with Crippen molar-refractivity contribution < 1.29 is 4.74 Å². The summed E-state index contributed by atoms with van der Waals surface area (Å²) >= 11 is 0. The molecule has 1 saturated carbocycles. The van der Waals surface area contributed by atoms with Gasteiger partial charge < -0.3 is 15.4 Å². The molecule has 112 valence electrons. The molecule has 0 radical (unpaired) electrons. The van der Waals surface area contributed by atoms with Gasteiger partial charge in [-0.1, -0.05) is 19.8 Å². The molecule has 5 nitrogen and oxygen atoms in total. The molecule has 1 aromatic heterocycles. The predicted octanol–water partition coefficient (Wildman–Crippen LogP) is 3.05. The van der Waals surface area contributed by atoms with Crippen LogP contribution in [0.15, 0.2) is 6.07 Å². The zero-order valence-electron chi connectivity index (χ0n) is 12.8. The van der Waals surface area contributed by atoms with Gasteiger partial charge in [0, 0.05) is 25.8 Å². The molecule has 0 bridgehead atoms. The quantitative estimate of drug-likeness (QED) is 0.727. The van der Waals surface area contributed by atoms with E-state index in [0.29, 0.717) is 12.6 Å². The van der Waals surface area contributed by atoms with Crippen molar-refractivity contribution in [1.82, 2.24) is 9.97 Å². The average Bonchev–Trinajstić information content (AvgIpc) is 3.20. The van der Waals surface area contributed by atoms with Crippen LogP contribution in [-0.2, 0) is 11.3 Å². The van der Waals surface area contributed by atoms with E-state index in [1.165, 1.54) is 19.3 Å². The number of methoxy groups -OCH3 is 1. The van der Waals surface area contributed by atoms with Crippen LogP contribution in [0, 0.1) is 5.92 Å². The predicted molar refractivity (Wildman–Crippen MR) is 82.0 cm³/mol. The van der Waals surface area contributed by atoms with Crippen molar-refractivity contribution in [3.63, 3.8) is 0 Å². The summed E-state index contributed by atoms with van der Waals surface area (Å²) in [5.41, 5.74) is 0. The van der Waals surface area contributed by atoms with E-state index < -0.39 is 0 Å². The van der Waals surface area contributed by atoms with Gasteiger partial charge in [-0.15, -0.1) is 0 Å². The number of nitrogens with one attached hydrogen (secondary N) is 2. The van der Waals surface area contributed by atoms with Crippen molar-refractivity contribution >= 4 is 11.6 Å². The van der Waals surface area contributed by atoms with Crippen molar-refractivity contribution in [2.24, 2.45) is 5.92 Å². The van der Waals surface area contributed by atoms with Gasteiger partial charge >= 0.3 is 0 Å². The van der Waals surface area contributed by atoms with Crippen molar-refractivity contribution in [2.45, 2.75) is 52.2 Å². The summed E-state index contributed by atoms with van der Waals surface area (Å²) in [6.07, 6.45) is 5.06. The molecule has 5 heteroatoms. The van der Waals surface area contributed by atoms with Crippen molar-refractivity contribution in [2.75, 3.05) is 24.3 Å². The van der Waals surface area contributed by atoms with Crippen molar-refractivity contribution in [3.05, 3.63) is 11.9 Å². The fourth-order valence-electron chi connectivity index (χ4n) is 2.27. The number of hydrogen-bond acceptors (Lipinski definition) is 5. The highest BCUT2D eigenvalue weighted by Crippen LogP contribution is 2.34. The standard InChI is InChI=1S/C15H26N4O/c1-4-7-16-13-9-14(19-15(18-13)10-20-3)17-11(2)8-12-5-6-12/h9,11-12H,4-8,10H2,1-3H3,(H2,16,17,18,19). The molecular weight excluding hydrogens is 252 g/mol. The smallest absolute Gasteiger partial charge is 0.158 e. The lowest BCUT2D eigenvalue weighted by atomic mass is 10.1. The third-order valence-electron chi connectivity index (χ3n) is 3.38. The van der Waals surface area contributed by atoms with Crippen LogP contribution in [0.1, 0.15) is 45.4 Å².